The molecule has 0 spiro atoms. The normalized spacial score (nSPS) is 12.1. The Bertz CT molecular complexity index is 648. The zero-order valence-corrected chi connectivity index (χ0v) is 15.2. The molecule has 0 bridgehead atoms. The molecule has 0 aliphatic heterocycles. The van der Waals surface area contributed by atoms with Gasteiger partial charge in [0, 0.05) is 6.21 Å². The first-order chi connectivity index (χ1) is 10.8. The van der Waals surface area contributed by atoms with Gasteiger partial charge in [0.15, 0.2) is 0 Å². The van der Waals surface area contributed by atoms with E-state index in [0.717, 1.165) is 23.0 Å². The Morgan fingerprint density at radius 2 is 1.65 bits per heavy atom. The lowest BCUT2D eigenvalue weighted by Crippen LogP contribution is -2.35. The van der Waals surface area contributed by atoms with Crippen molar-refractivity contribution >= 4 is 20.2 Å². The molecular formula is C19H24FNOSi. The molecule has 2 aromatic rings. The third-order valence-corrected chi connectivity index (χ3v) is 5.95. The molecule has 0 aliphatic rings. The van der Waals surface area contributed by atoms with Crippen LogP contribution in [0.3, 0.4) is 0 Å². The maximum absolute atomic E-state index is 12.8. The third kappa shape index (κ3) is 5.98. The molecule has 4 heteroatoms. The highest BCUT2D eigenvalue weighted by Gasteiger charge is 2.25. The Labute approximate surface area is 139 Å². The summed E-state index contributed by atoms with van der Waals surface area (Å²) in [6, 6.07) is 15.2. The summed E-state index contributed by atoms with van der Waals surface area (Å²) in [5, 5.41) is 0. The minimum Gasteiger partial charge on any atom is -0.544 e. The quantitative estimate of drug-likeness (QED) is 0.483. The lowest BCUT2D eigenvalue weighted by Gasteiger charge is -2.25. The van der Waals surface area contributed by atoms with Crippen LogP contribution in [0, 0.1) is 11.7 Å². The number of halogens is 1. The summed E-state index contributed by atoms with van der Waals surface area (Å²) in [6.07, 6.45) is 1.77. The van der Waals surface area contributed by atoms with Gasteiger partial charge in [-0.25, -0.2) is 4.39 Å². The van der Waals surface area contributed by atoms with Crippen molar-refractivity contribution in [3.05, 3.63) is 59.9 Å². The van der Waals surface area contributed by atoms with Crippen molar-refractivity contribution in [2.75, 3.05) is 0 Å². The van der Waals surface area contributed by atoms with Gasteiger partial charge in [-0.15, -0.1) is 0 Å². The van der Waals surface area contributed by atoms with Crippen molar-refractivity contribution in [2.45, 2.75) is 33.0 Å². The highest BCUT2D eigenvalue weighted by Crippen LogP contribution is 2.22. The fraction of sp³-hybridized carbons (Fsp3) is 0.316. The number of hydrogen-bond donors (Lipinski definition) is 0. The first kappa shape index (κ1) is 17.4. The zero-order chi connectivity index (χ0) is 16.9. The molecule has 122 valence electrons. The van der Waals surface area contributed by atoms with Gasteiger partial charge in [-0.2, -0.15) is 0 Å². The van der Waals surface area contributed by atoms with Crippen molar-refractivity contribution in [1.29, 1.82) is 0 Å². The van der Waals surface area contributed by atoms with Gasteiger partial charge in [0.2, 0.25) is 8.32 Å². The lowest BCUT2D eigenvalue weighted by molar-refractivity contribution is 0.528. The van der Waals surface area contributed by atoms with Crippen molar-refractivity contribution in [1.82, 2.24) is 0 Å². The van der Waals surface area contributed by atoms with Gasteiger partial charge in [-0.05, 0) is 79.2 Å². The maximum atomic E-state index is 12.8. The minimum absolute atomic E-state index is 0.251. The molecule has 2 aromatic carbocycles. The van der Waals surface area contributed by atoms with Crippen LogP contribution in [0.15, 0.2) is 53.5 Å². The smallest absolute Gasteiger partial charge is 0.245 e. The largest absolute Gasteiger partial charge is 0.544 e. The van der Waals surface area contributed by atoms with E-state index in [1.165, 1.54) is 12.1 Å². The summed E-state index contributed by atoms with van der Waals surface area (Å²) >= 11 is 0. The molecule has 0 aromatic heterocycles. The third-order valence-electron chi connectivity index (χ3n) is 3.36. The first-order valence-corrected chi connectivity index (χ1v) is 11.0. The molecule has 0 radical (unpaired) electrons. The monoisotopic (exact) mass is 329 g/mol. The molecule has 0 heterocycles. The molecule has 23 heavy (non-hydrogen) atoms. The van der Waals surface area contributed by atoms with Gasteiger partial charge < -0.3 is 4.43 Å². The molecule has 0 N–H and O–H groups in total. The van der Waals surface area contributed by atoms with Crippen LogP contribution < -0.4 is 4.43 Å². The number of aliphatic imine (C=N–C) groups is 1. The Hall–Kier alpha value is -1.94. The summed E-state index contributed by atoms with van der Waals surface area (Å²) in [5.74, 6) is 1.32. The highest BCUT2D eigenvalue weighted by atomic mass is 28.4. The van der Waals surface area contributed by atoms with Gasteiger partial charge in [0.1, 0.15) is 11.6 Å². The molecule has 0 saturated carbocycles. The van der Waals surface area contributed by atoms with Crippen LogP contribution in [-0.2, 0) is 0 Å². The Morgan fingerprint density at radius 1 is 1.04 bits per heavy atom. The Balaban J connectivity index is 2.00. The predicted octanol–water partition coefficient (Wildman–Crippen LogP) is 5.82. The van der Waals surface area contributed by atoms with Crippen LogP contribution in [0.25, 0.3) is 0 Å². The number of hydrogen-bond acceptors (Lipinski definition) is 2. The van der Waals surface area contributed by atoms with Crippen LogP contribution in [0.5, 0.6) is 5.75 Å². The van der Waals surface area contributed by atoms with Gasteiger partial charge >= 0.3 is 0 Å². The maximum Gasteiger partial charge on any atom is 0.245 e. The standard InChI is InChI=1S/C19H24FNOSi/c1-15(2)14-23(3,4)22-19-11-5-16(6-12-19)13-21-18-9-7-17(20)8-10-18/h5-13,15H,14H2,1-4H3. The van der Waals surface area contributed by atoms with E-state index in [2.05, 4.69) is 31.9 Å². The highest BCUT2D eigenvalue weighted by molar-refractivity contribution is 6.71. The van der Waals surface area contributed by atoms with E-state index in [1.54, 1.807) is 18.3 Å². The average molecular weight is 329 g/mol. The zero-order valence-electron chi connectivity index (χ0n) is 14.2. The summed E-state index contributed by atoms with van der Waals surface area (Å²) in [6.45, 7) is 8.95. The second-order valence-electron chi connectivity index (χ2n) is 6.76. The van der Waals surface area contributed by atoms with Crippen LogP contribution >= 0.6 is 0 Å². The van der Waals surface area contributed by atoms with E-state index in [4.69, 9.17) is 4.43 Å². The number of benzene rings is 2. The van der Waals surface area contributed by atoms with Crippen molar-refractivity contribution in [2.24, 2.45) is 10.9 Å². The van der Waals surface area contributed by atoms with E-state index < -0.39 is 8.32 Å². The minimum atomic E-state index is -1.67. The van der Waals surface area contributed by atoms with E-state index in [-0.39, 0.29) is 5.82 Å². The molecule has 0 atom stereocenters. The lowest BCUT2D eigenvalue weighted by atomic mass is 10.2. The van der Waals surface area contributed by atoms with E-state index in [9.17, 15) is 4.39 Å². The Morgan fingerprint density at radius 3 is 2.22 bits per heavy atom. The Kier molecular flexibility index (Phi) is 5.72. The van der Waals surface area contributed by atoms with Crippen LogP contribution in [0.1, 0.15) is 19.4 Å². The molecule has 0 amide bonds. The van der Waals surface area contributed by atoms with Crippen LogP contribution in [-0.4, -0.2) is 14.5 Å². The molecule has 2 nitrogen and oxygen atoms in total. The van der Waals surface area contributed by atoms with Gasteiger partial charge in [0.05, 0.1) is 5.69 Å². The summed E-state index contributed by atoms with van der Waals surface area (Å²) in [4.78, 5) is 4.34. The van der Waals surface area contributed by atoms with Crippen molar-refractivity contribution in [3.8, 4) is 5.75 Å². The predicted molar refractivity (Wildman–Crippen MR) is 97.9 cm³/mol. The fourth-order valence-corrected chi connectivity index (χ4v) is 5.47. The molecule has 0 fully saturated rings. The van der Waals surface area contributed by atoms with Crippen LogP contribution in [0.4, 0.5) is 10.1 Å². The van der Waals surface area contributed by atoms with Gasteiger partial charge in [-0.1, -0.05) is 13.8 Å². The average Bonchev–Trinajstić information content (AvgIpc) is 2.46. The first-order valence-electron chi connectivity index (χ1n) is 7.93. The number of rotatable bonds is 6. The van der Waals surface area contributed by atoms with E-state index in [1.807, 2.05) is 24.3 Å². The summed E-state index contributed by atoms with van der Waals surface area (Å²) in [5.41, 5.74) is 1.72. The van der Waals surface area contributed by atoms with E-state index in [0.29, 0.717) is 5.92 Å². The van der Waals surface area contributed by atoms with Gasteiger partial charge in [0.25, 0.3) is 0 Å². The van der Waals surface area contributed by atoms with E-state index >= 15 is 0 Å². The second kappa shape index (κ2) is 7.55. The summed E-state index contributed by atoms with van der Waals surface area (Å²) < 4.78 is 19.0. The number of nitrogens with zero attached hydrogens (tertiary/aromatic N) is 1. The molecule has 0 unspecified atom stereocenters. The molecule has 0 saturated heterocycles. The topological polar surface area (TPSA) is 21.6 Å². The van der Waals surface area contributed by atoms with Crippen LogP contribution in [0.2, 0.25) is 19.1 Å². The van der Waals surface area contributed by atoms with Crippen molar-refractivity contribution < 1.29 is 8.82 Å². The SMILES string of the molecule is CC(C)C[Si](C)(C)Oc1ccc(C=Nc2ccc(F)cc2)cc1. The van der Waals surface area contributed by atoms with Crippen molar-refractivity contribution in [3.63, 3.8) is 0 Å². The second-order valence-corrected chi connectivity index (χ2v) is 10.9. The fourth-order valence-electron chi connectivity index (χ4n) is 2.64. The molecular weight excluding hydrogens is 305 g/mol. The summed E-state index contributed by atoms with van der Waals surface area (Å²) in [7, 11) is -1.67. The van der Waals surface area contributed by atoms with Gasteiger partial charge in [-0.3, -0.25) is 4.99 Å². The molecule has 0 aliphatic carbocycles. The molecule has 2 rings (SSSR count).